The fourth-order valence-corrected chi connectivity index (χ4v) is 3.43. The molecule has 2 N–H and O–H groups in total. The third kappa shape index (κ3) is 3.77. The topological polar surface area (TPSA) is 54.8 Å². The summed E-state index contributed by atoms with van der Waals surface area (Å²) in [5.41, 5.74) is 1.89. The van der Waals surface area contributed by atoms with Crippen molar-refractivity contribution in [1.82, 2.24) is 19.9 Å². The van der Waals surface area contributed by atoms with E-state index in [-0.39, 0.29) is 24.8 Å². The first-order valence-corrected chi connectivity index (χ1v) is 8.09. The highest BCUT2D eigenvalue weighted by atomic mass is 35.5. The van der Waals surface area contributed by atoms with E-state index in [4.69, 9.17) is 4.98 Å². The van der Waals surface area contributed by atoms with E-state index in [1.54, 1.807) is 11.3 Å². The zero-order valence-electron chi connectivity index (χ0n) is 12.4. The summed E-state index contributed by atoms with van der Waals surface area (Å²) in [6, 6.07) is 8.64. The molecule has 0 bridgehead atoms. The first-order chi connectivity index (χ1) is 10.4. The minimum Gasteiger partial charge on any atom is -0.352 e. The number of anilines is 1. The fourth-order valence-electron chi connectivity index (χ4n) is 2.74. The lowest BCUT2D eigenvalue weighted by Crippen LogP contribution is -2.24. The number of thiophene rings is 1. The zero-order chi connectivity index (χ0) is 14.1. The number of pyridine rings is 1. The van der Waals surface area contributed by atoms with Crippen LogP contribution in [0.1, 0.15) is 11.3 Å². The Morgan fingerprint density at radius 2 is 2.22 bits per heavy atom. The molecule has 1 aliphatic rings. The molecule has 3 aromatic heterocycles. The summed E-state index contributed by atoms with van der Waals surface area (Å²) in [7, 11) is 0. The van der Waals surface area contributed by atoms with E-state index < -0.39 is 0 Å². The predicted octanol–water partition coefficient (Wildman–Crippen LogP) is 3.16. The van der Waals surface area contributed by atoms with Crippen molar-refractivity contribution in [3.63, 3.8) is 0 Å². The van der Waals surface area contributed by atoms with E-state index in [0.717, 1.165) is 43.2 Å². The van der Waals surface area contributed by atoms with E-state index in [9.17, 15) is 0 Å². The number of nitrogens with one attached hydrogen (secondary N) is 2. The molecule has 1 atom stereocenters. The molecule has 1 unspecified atom stereocenters. The molecule has 0 spiro atoms. The van der Waals surface area contributed by atoms with Gasteiger partial charge in [-0.05, 0) is 36.5 Å². The van der Waals surface area contributed by atoms with Gasteiger partial charge in [-0.2, -0.15) is 0 Å². The van der Waals surface area contributed by atoms with E-state index in [0.29, 0.717) is 6.04 Å². The van der Waals surface area contributed by atoms with Gasteiger partial charge in [0.2, 0.25) is 5.95 Å². The highest BCUT2D eigenvalue weighted by molar-refractivity contribution is 7.09. The lowest BCUT2D eigenvalue weighted by Gasteiger charge is -2.14. The summed E-state index contributed by atoms with van der Waals surface area (Å²) in [6.45, 7) is 2.88. The summed E-state index contributed by atoms with van der Waals surface area (Å²) < 4.78 is 2.18. The molecule has 1 aliphatic heterocycles. The van der Waals surface area contributed by atoms with E-state index in [1.165, 1.54) is 4.88 Å². The Labute approximate surface area is 151 Å². The van der Waals surface area contributed by atoms with Crippen molar-refractivity contribution in [2.75, 3.05) is 18.4 Å². The number of hydrogen-bond acceptors (Lipinski definition) is 5. The van der Waals surface area contributed by atoms with Gasteiger partial charge in [0, 0.05) is 23.7 Å². The summed E-state index contributed by atoms with van der Waals surface area (Å²) in [6.07, 6.45) is 2.96. The van der Waals surface area contributed by atoms with Crippen LogP contribution in [0.4, 0.5) is 5.95 Å². The molecule has 4 heterocycles. The molecule has 3 aromatic rings. The maximum Gasteiger partial charge on any atom is 0.205 e. The second kappa shape index (κ2) is 7.97. The fraction of sp³-hybridized carbons (Fsp3) is 0.333. The first kappa shape index (κ1) is 18.0. The van der Waals surface area contributed by atoms with E-state index in [2.05, 4.69) is 37.7 Å². The van der Waals surface area contributed by atoms with Crippen LogP contribution in [-0.4, -0.2) is 33.7 Å². The monoisotopic (exact) mass is 371 g/mol. The smallest absolute Gasteiger partial charge is 0.205 e. The van der Waals surface area contributed by atoms with Gasteiger partial charge in [0.05, 0.1) is 6.54 Å². The SMILES string of the molecule is Cl.Cl.c1csc(Cn2c(NC3CCNC3)nc3cccnc32)c1. The molecule has 5 nitrogen and oxygen atoms in total. The maximum atomic E-state index is 4.72. The van der Waals surface area contributed by atoms with E-state index >= 15 is 0 Å². The van der Waals surface area contributed by atoms with Gasteiger partial charge in [0.1, 0.15) is 5.52 Å². The van der Waals surface area contributed by atoms with Crippen molar-refractivity contribution in [2.24, 2.45) is 0 Å². The Balaban J connectivity index is 0.000000960. The minimum absolute atomic E-state index is 0. The Morgan fingerprint density at radius 1 is 1.30 bits per heavy atom. The number of aromatic nitrogens is 3. The Morgan fingerprint density at radius 3 is 2.96 bits per heavy atom. The molecule has 23 heavy (non-hydrogen) atoms. The summed E-state index contributed by atoms with van der Waals surface area (Å²) in [5.74, 6) is 0.922. The average Bonchev–Trinajstić information content (AvgIpc) is 3.23. The summed E-state index contributed by atoms with van der Waals surface area (Å²) >= 11 is 1.76. The quantitative estimate of drug-likeness (QED) is 0.739. The standard InChI is InChI=1S/C15H17N5S.2ClH/c1-4-13-14(17-6-1)20(10-12-3-2-8-21-12)15(19-13)18-11-5-7-16-9-11;;/h1-4,6,8,11,16H,5,7,9-10H2,(H,18,19);2*1H. The molecule has 0 saturated carbocycles. The van der Waals surface area contributed by atoms with Gasteiger partial charge in [0.25, 0.3) is 0 Å². The molecule has 0 amide bonds. The Bertz CT molecular complexity index is 738. The van der Waals surface area contributed by atoms with Crippen molar-refractivity contribution in [3.05, 3.63) is 40.7 Å². The number of imidazole rings is 1. The van der Waals surface area contributed by atoms with Crippen LogP contribution < -0.4 is 10.6 Å². The third-order valence-electron chi connectivity index (χ3n) is 3.79. The largest absolute Gasteiger partial charge is 0.352 e. The number of hydrogen-bond donors (Lipinski definition) is 2. The van der Waals surface area contributed by atoms with Crippen LogP contribution in [-0.2, 0) is 6.54 Å². The van der Waals surface area contributed by atoms with Crippen molar-refractivity contribution < 1.29 is 0 Å². The van der Waals surface area contributed by atoms with Gasteiger partial charge < -0.3 is 10.6 Å². The van der Waals surface area contributed by atoms with Crippen LogP contribution in [0.2, 0.25) is 0 Å². The number of fused-ring (bicyclic) bond motifs is 1. The molecule has 0 radical (unpaired) electrons. The van der Waals surface area contributed by atoms with Gasteiger partial charge in [-0.25, -0.2) is 9.97 Å². The van der Waals surface area contributed by atoms with Gasteiger partial charge in [-0.1, -0.05) is 6.07 Å². The molecule has 1 saturated heterocycles. The lowest BCUT2D eigenvalue weighted by molar-refractivity contribution is 0.750. The average molecular weight is 372 g/mol. The van der Waals surface area contributed by atoms with Crippen molar-refractivity contribution in [1.29, 1.82) is 0 Å². The van der Waals surface area contributed by atoms with Crippen LogP contribution in [0.25, 0.3) is 11.2 Å². The zero-order valence-corrected chi connectivity index (χ0v) is 14.9. The molecular formula is C15H19Cl2N5S. The Kier molecular flexibility index (Phi) is 6.24. The van der Waals surface area contributed by atoms with Crippen LogP contribution in [0.5, 0.6) is 0 Å². The lowest BCUT2D eigenvalue weighted by atomic mass is 10.3. The van der Waals surface area contributed by atoms with Crippen molar-refractivity contribution >= 4 is 53.3 Å². The van der Waals surface area contributed by atoms with Gasteiger partial charge in [-0.15, -0.1) is 36.2 Å². The second-order valence-electron chi connectivity index (χ2n) is 5.28. The first-order valence-electron chi connectivity index (χ1n) is 7.21. The minimum atomic E-state index is 0. The van der Waals surface area contributed by atoms with Gasteiger partial charge >= 0.3 is 0 Å². The van der Waals surface area contributed by atoms with Crippen molar-refractivity contribution in [3.8, 4) is 0 Å². The number of rotatable bonds is 4. The molecule has 124 valence electrons. The number of nitrogens with zero attached hydrogens (tertiary/aromatic N) is 3. The van der Waals surface area contributed by atoms with Crippen LogP contribution in [0.3, 0.4) is 0 Å². The second-order valence-corrected chi connectivity index (χ2v) is 6.31. The highest BCUT2D eigenvalue weighted by Gasteiger charge is 2.18. The van der Waals surface area contributed by atoms with Crippen LogP contribution in [0.15, 0.2) is 35.8 Å². The normalized spacial score (nSPS) is 16.8. The molecular weight excluding hydrogens is 353 g/mol. The summed E-state index contributed by atoms with van der Waals surface area (Å²) in [5, 5.41) is 9.05. The Hall–Kier alpha value is -1.34. The number of halogens is 2. The molecule has 4 rings (SSSR count). The molecule has 1 fully saturated rings. The maximum absolute atomic E-state index is 4.72. The van der Waals surface area contributed by atoms with Gasteiger partial charge in [0.15, 0.2) is 5.65 Å². The summed E-state index contributed by atoms with van der Waals surface area (Å²) in [4.78, 5) is 10.5. The molecule has 8 heteroatoms. The van der Waals surface area contributed by atoms with Crippen molar-refractivity contribution in [2.45, 2.75) is 19.0 Å². The third-order valence-corrected chi connectivity index (χ3v) is 4.65. The molecule has 0 aromatic carbocycles. The molecule has 0 aliphatic carbocycles. The predicted molar refractivity (Wildman–Crippen MR) is 100 cm³/mol. The van der Waals surface area contributed by atoms with Crippen LogP contribution in [0, 0.1) is 0 Å². The highest BCUT2D eigenvalue weighted by Crippen LogP contribution is 2.22. The van der Waals surface area contributed by atoms with Gasteiger partial charge in [-0.3, -0.25) is 4.57 Å². The van der Waals surface area contributed by atoms with Crippen LogP contribution >= 0.6 is 36.2 Å². The van der Waals surface area contributed by atoms with E-state index in [1.807, 2.05) is 18.3 Å².